The highest BCUT2D eigenvalue weighted by Gasteiger charge is 2.15. The second kappa shape index (κ2) is 11.0. The Morgan fingerprint density at radius 2 is 1.94 bits per heavy atom. The maximum atomic E-state index is 12.2. The molecule has 2 aromatic carbocycles. The van der Waals surface area contributed by atoms with Gasteiger partial charge in [0, 0.05) is 23.3 Å². The molecule has 0 unspecified atom stereocenters. The summed E-state index contributed by atoms with van der Waals surface area (Å²) in [5.74, 6) is 1.24. The van der Waals surface area contributed by atoms with Gasteiger partial charge < -0.3 is 25.8 Å². The standard InChI is InChI=1S/C25H25ClN6O3/c1-3-34-23-12-20-18(11-21(23)32-25(33)15(2)27)24(30-14-29-20)31-16-7-8-22(19(26)10-16)35-13-17-6-4-5-9-28-17/h4-12,14-15H,3,13,27H2,1-2H3,(H,32,33)(H,29,30,31)/t15-/m0/s1. The van der Waals surface area contributed by atoms with Crippen LogP contribution in [0.4, 0.5) is 17.2 Å². The number of nitrogens with zero attached hydrogens (tertiary/aromatic N) is 3. The quantitative estimate of drug-likeness (QED) is 0.307. The minimum atomic E-state index is -0.676. The highest BCUT2D eigenvalue weighted by atomic mass is 35.5. The number of rotatable bonds is 9. The SMILES string of the molecule is CCOc1cc2ncnc(Nc3ccc(OCc4ccccn4)c(Cl)c3)c2cc1NC(=O)[C@H](C)N. The van der Waals surface area contributed by atoms with Gasteiger partial charge in [-0.1, -0.05) is 17.7 Å². The number of halogens is 1. The zero-order valence-electron chi connectivity index (χ0n) is 19.3. The van der Waals surface area contributed by atoms with Crippen molar-refractivity contribution in [2.24, 2.45) is 5.73 Å². The molecule has 4 rings (SSSR count). The van der Waals surface area contributed by atoms with Crippen LogP contribution in [0.15, 0.2) is 61.1 Å². The van der Waals surface area contributed by atoms with Gasteiger partial charge >= 0.3 is 0 Å². The predicted octanol–water partition coefficient (Wildman–Crippen LogP) is 4.69. The molecule has 0 fully saturated rings. The lowest BCUT2D eigenvalue weighted by molar-refractivity contribution is -0.117. The molecular weight excluding hydrogens is 468 g/mol. The summed E-state index contributed by atoms with van der Waals surface area (Å²) < 4.78 is 11.5. The highest BCUT2D eigenvalue weighted by Crippen LogP contribution is 2.35. The zero-order chi connectivity index (χ0) is 24.8. The third-order valence-corrected chi connectivity index (χ3v) is 5.30. The molecular formula is C25H25ClN6O3. The van der Waals surface area contributed by atoms with Gasteiger partial charge in [0.25, 0.3) is 0 Å². The smallest absolute Gasteiger partial charge is 0.241 e. The predicted molar refractivity (Wildman–Crippen MR) is 136 cm³/mol. The first kappa shape index (κ1) is 24.2. The molecule has 180 valence electrons. The third kappa shape index (κ3) is 5.95. The fraction of sp³-hybridized carbons (Fsp3) is 0.200. The molecule has 0 saturated carbocycles. The van der Waals surface area contributed by atoms with E-state index >= 15 is 0 Å². The lowest BCUT2D eigenvalue weighted by atomic mass is 10.1. The van der Waals surface area contributed by atoms with Crippen molar-refractivity contribution in [2.45, 2.75) is 26.5 Å². The molecule has 9 nitrogen and oxygen atoms in total. The van der Waals surface area contributed by atoms with E-state index < -0.39 is 6.04 Å². The number of carbonyl (C=O) groups is 1. The number of anilines is 3. The van der Waals surface area contributed by atoms with E-state index in [1.54, 1.807) is 37.4 Å². The molecule has 0 bridgehead atoms. The van der Waals surface area contributed by atoms with Crippen LogP contribution in [0.25, 0.3) is 10.9 Å². The van der Waals surface area contributed by atoms with Crippen LogP contribution in [0.1, 0.15) is 19.5 Å². The number of aromatic nitrogens is 3. The van der Waals surface area contributed by atoms with Gasteiger partial charge in [-0.2, -0.15) is 0 Å². The van der Waals surface area contributed by atoms with Crippen molar-refractivity contribution < 1.29 is 14.3 Å². The van der Waals surface area contributed by atoms with Gasteiger partial charge in [0.05, 0.1) is 34.6 Å². The van der Waals surface area contributed by atoms with Gasteiger partial charge in [0.2, 0.25) is 5.91 Å². The minimum Gasteiger partial charge on any atom is -0.492 e. The van der Waals surface area contributed by atoms with Gasteiger partial charge in [0.1, 0.15) is 30.3 Å². The number of ether oxygens (including phenoxy) is 2. The van der Waals surface area contributed by atoms with E-state index in [4.69, 9.17) is 26.8 Å². The Labute approximate surface area is 207 Å². The van der Waals surface area contributed by atoms with Crippen LogP contribution in [0.5, 0.6) is 11.5 Å². The van der Waals surface area contributed by atoms with Crippen LogP contribution in [-0.4, -0.2) is 33.5 Å². The molecule has 0 saturated heterocycles. The fourth-order valence-electron chi connectivity index (χ4n) is 3.27. The van der Waals surface area contributed by atoms with E-state index in [1.807, 2.05) is 31.2 Å². The number of nitrogens with two attached hydrogens (primary N) is 1. The molecule has 2 heterocycles. The zero-order valence-corrected chi connectivity index (χ0v) is 20.0. The van der Waals surface area contributed by atoms with E-state index in [1.165, 1.54) is 6.33 Å². The van der Waals surface area contributed by atoms with E-state index in [0.29, 0.717) is 57.8 Å². The number of benzene rings is 2. The minimum absolute atomic E-state index is 0.308. The average Bonchev–Trinajstić information content (AvgIpc) is 2.85. The summed E-state index contributed by atoms with van der Waals surface area (Å²) in [5, 5.41) is 7.19. The van der Waals surface area contributed by atoms with E-state index in [2.05, 4.69) is 25.6 Å². The molecule has 0 aliphatic carbocycles. The van der Waals surface area contributed by atoms with Gasteiger partial charge in [-0.3, -0.25) is 9.78 Å². The summed E-state index contributed by atoms with van der Waals surface area (Å²) in [5.41, 5.74) is 8.35. The highest BCUT2D eigenvalue weighted by molar-refractivity contribution is 6.32. The normalized spacial score (nSPS) is 11.7. The summed E-state index contributed by atoms with van der Waals surface area (Å²) >= 11 is 6.45. The Kier molecular flexibility index (Phi) is 7.59. The number of pyridine rings is 1. The average molecular weight is 493 g/mol. The lowest BCUT2D eigenvalue weighted by Crippen LogP contribution is -2.32. The van der Waals surface area contributed by atoms with Crippen molar-refractivity contribution in [3.05, 3.63) is 71.8 Å². The van der Waals surface area contributed by atoms with Gasteiger partial charge in [-0.25, -0.2) is 9.97 Å². The van der Waals surface area contributed by atoms with Crippen molar-refractivity contribution >= 4 is 45.6 Å². The molecule has 2 aromatic heterocycles. The van der Waals surface area contributed by atoms with Crippen molar-refractivity contribution in [3.8, 4) is 11.5 Å². The van der Waals surface area contributed by atoms with E-state index in [-0.39, 0.29) is 5.91 Å². The number of hydrogen-bond acceptors (Lipinski definition) is 8. The Morgan fingerprint density at radius 3 is 2.66 bits per heavy atom. The van der Waals surface area contributed by atoms with Crippen molar-refractivity contribution in [1.29, 1.82) is 0 Å². The molecule has 0 radical (unpaired) electrons. The first-order valence-corrected chi connectivity index (χ1v) is 11.4. The molecule has 1 amide bonds. The first-order chi connectivity index (χ1) is 16.9. The van der Waals surface area contributed by atoms with Crippen LogP contribution in [0, 0.1) is 0 Å². The van der Waals surface area contributed by atoms with Crippen LogP contribution in [-0.2, 0) is 11.4 Å². The summed E-state index contributed by atoms with van der Waals surface area (Å²) in [6.45, 7) is 4.21. The third-order valence-electron chi connectivity index (χ3n) is 5.00. The second-order valence-electron chi connectivity index (χ2n) is 7.68. The maximum absolute atomic E-state index is 12.2. The Morgan fingerprint density at radius 1 is 1.09 bits per heavy atom. The largest absolute Gasteiger partial charge is 0.492 e. The monoisotopic (exact) mass is 492 g/mol. The first-order valence-electron chi connectivity index (χ1n) is 11.0. The number of nitrogens with one attached hydrogen (secondary N) is 2. The van der Waals surface area contributed by atoms with E-state index in [9.17, 15) is 4.79 Å². The Hall–Kier alpha value is -3.95. The van der Waals surface area contributed by atoms with Gasteiger partial charge in [-0.05, 0) is 50.2 Å². The lowest BCUT2D eigenvalue weighted by Gasteiger charge is -2.16. The number of hydrogen-bond donors (Lipinski definition) is 3. The summed E-state index contributed by atoms with van der Waals surface area (Å²) in [7, 11) is 0. The van der Waals surface area contributed by atoms with Gasteiger partial charge in [0.15, 0.2) is 0 Å². The summed E-state index contributed by atoms with van der Waals surface area (Å²) in [4.78, 5) is 25.2. The number of carbonyl (C=O) groups excluding carboxylic acids is 1. The molecule has 0 spiro atoms. The van der Waals surface area contributed by atoms with E-state index in [0.717, 1.165) is 5.69 Å². The molecule has 0 aliphatic heterocycles. The molecule has 1 atom stereocenters. The summed E-state index contributed by atoms with van der Waals surface area (Å²) in [6, 6.07) is 13.8. The van der Waals surface area contributed by atoms with Gasteiger partial charge in [-0.15, -0.1) is 0 Å². The Balaban J connectivity index is 1.59. The molecule has 4 aromatic rings. The van der Waals surface area contributed by atoms with Crippen molar-refractivity contribution in [3.63, 3.8) is 0 Å². The van der Waals surface area contributed by atoms with Crippen LogP contribution >= 0.6 is 11.6 Å². The molecule has 10 heteroatoms. The van der Waals surface area contributed by atoms with Crippen molar-refractivity contribution in [1.82, 2.24) is 15.0 Å². The molecule has 0 aliphatic rings. The molecule has 35 heavy (non-hydrogen) atoms. The number of fused-ring (bicyclic) bond motifs is 1. The maximum Gasteiger partial charge on any atom is 0.241 e. The van der Waals surface area contributed by atoms with Crippen LogP contribution in [0.2, 0.25) is 5.02 Å². The fourth-order valence-corrected chi connectivity index (χ4v) is 3.51. The second-order valence-corrected chi connectivity index (χ2v) is 8.09. The van der Waals surface area contributed by atoms with Crippen LogP contribution < -0.4 is 25.8 Å². The molecule has 4 N–H and O–H groups in total. The Bertz CT molecular complexity index is 1330. The number of amides is 1. The summed E-state index contributed by atoms with van der Waals surface area (Å²) in [6.07, 6.45) is 3.16. The topological polar surface area (TPSA) is 124 Å². The van der Waals surface area contributed by atoms with Crippen LogP contribution in [0.3, 0.4) is 0 Å². The van der Waals surface area contributed by atoms with Crippen molar-refractivity contribution in [2.75, 3.05) is 17.2 Å².